The van der Waals surface area contributed by atoms with E-state index in [0.29, 0.717) is 24.4 Å². The maximum absolute atomic E-state index is 12.9. The van der Waals surface area contributed by atoms with E-state index in [1.807, 2.05) is 25.1 Å². The van der Waals surface area contributed by atoms with E-state index >= 15 is 0 Å². The fourth-order valence-electron chi connectivity index (χ4n) is 4.76. The summed E-state index contributed by atoms with van der Waals surface area (Å²) in [6, 6.07) is 17.7. The molecule has 1 aromatic heterocycles. The van der Waals surface area contributed by atoms with Crippen LogP contribution >= 0.6 is 0 Å². The summed E-state index contributed by atoms with van der Waals surface area (Å²) in [4.78, 5) is 27.0. The third kappa shape index (κ3) is 3.74. The predicted octanol–water partition coefficient (Wildman–Crippen LogP) is 3.73. The molecule has 1 aliphatic heterocycles. The highest BCUT2D eigenvalue weighted by Crippen LogP contribution is 2.37. The highest BCUT2D eigenvalue weighted by atomic mass is 16.3. The van der Waals surface area contributed by atoms with Crippen LogP contribution in [0.15, 0.2) is 54.6 Å². The molecule has 31 heavy (non-hydrogen) atoms. The number of aryl methyl sites for hydroxylation is 1. The molecule has 1 saturated heterocycles. The number of piperazine rings is 1. The number of carbonyl (C=O) groups is 1. The number of phenols is 1. The molecule has 0 radical (unpaired) electrons. The molecule has 2 heterocycles. The van der Waals surface area contributed by atoms with Crippen LogP contribution in [0.2, 0.25) is 0 Å². The number of hydrogen-bond donors (Lipinski definition) is 1. The zero-order valence-electron chi connectivity index (χ0n) is 17.7. The molecule has 1 aliphatic carbocycles. The normalized spacial score (nSPS) is 18.7. The molecule has 1 atom stereocenters. The largest absolute Gasteiger partial charge is 0.508 e. The smallest absolute Gasteiger partial charge is 0.225 e. The summed E-state index contributed by atoms with van der Waals surface area (Å²) in [6.45, 7) is 5.39. The van der Waals surface area contributed by atoms with E-state index in [1.54, 1.807) is 12.1 Å². The van der Waals surface area contributed by atoms with E-state index in [9.17, 15) is 9.90 Å². The molecule has 0 saturated carbocycles. The first-order valence-corrected chi connectivity index (χ1v) is 10.8. The van der Waals surface area contributed by atoms with E-state index in [0.717, 1.165) is 43.1 Å². The number of aromatic hydroxyl groups is 1. The van der Waals surface area contributed by atoms with Gasteiger partial charge in [0.1, 0.15) is 5.75 Å². The second kappa shape index (κ2) is 8.02. The van der Waals surface area contributed by atoms with Crippen LogP contribution in [-0.2, 0) is 6.42 Å². The minimum atomic E-state index is -0.0572. The minimum absolute atomic E-state index is 0.0572. The zero-order chi connectivity index (χ0) is 21.4. The van der Waals surface area contributed by atoms with Gasteiger partial charge in [0, 0.05) is 44.2 Å². The van der Waals surface area contributed by atoms with Gasteiger partial charge in [-0.05, 0) is 37.1 Å². The average molecular weight is 415 g/mol. The molecule has 5 rings (SSSR count). The van der Waals surface area contributed by atoms with Crippen molar-refractivity contribution < 1.29 is 9.90 Å². The van der Waals surface area contributed by atoms with Crippen LogP contribution in [0.1, 0.15) is 39.6 Å². The van der Waals surface area contributed by atoms with Crippen LogP contribution < -0.4 is 9.80 Å². The Morgan fingerprint density at radius 3 is 2.29 bits per heavy atom. The van der Waals surface area contributed by atoms with Crippen molar-refractivity contribution in [3.8, 4) is 5.75 Å². The van der Waals surface area contributed by atoms with Crippen LogP contribution in [0.25, 0.3) is 0 Å². The van der Waals surface area contributed by atoms with Gasteiger partial charge in [0.05, 0.1) is 17.0 Å². The lowest BCUT2D eigenvalue weighted by atomic mass is 9.81. The number of rotatable bonds is 3. The van der Waals surface area contributed by atoms with Crippen LogP contribution in [0.5, 0.6) is 5.75 Å². The van der Waals surface area contributed by atoms with Crippen LogP contribution in [0.3, 0.4) is 0 Å². The second-order valence-corrected chi connectivity index (χ2v) is 8.33. The standard InChI is InChI=1S/C25H26N4O2/c1-17-24-21(15-18(16-23(24)31)20-9-5-6-10-22(20)30)27-25(26-17)29-13-11-28(12-14-29)19-7-3-2-4-8-19/h2-10,18,30H,11-16H2,1H3/t18-/m1/s1. The number of Topliss-reactive ketones (excluding diaryl/α,β-unsaturated/α-hetero) is 1. The lowest BCUT2D eigenvalue weighted by Crippen LogP contribution is -2.47. The van der Waals surface area contributed by atoms with Crippen LogP contribution in [0.4, 0.5) is 11.6 Å². The first kappa shape index (κ1) is 19.5. The van der Waals surface area contributed by atoms with E-state index in [2.05, 4.69) is 34.1 Å². The van der Waals surface area contributed by atoms with E-state index in [4.69, 9.17) is 9.97 Å². The third-order valence-electron chi connectivity index (χ3n) is 6.36. The lowest BCUT2D eigenvalue weighted by Gasteiger charge is -2.36. The lowest BCUT2D eigenvalue weighted by molar-refractivity contribution is 0.0961. The molecule has 0 amide bonds. The predicted molar refractivity (Wildman–Crippen MR) is 121 cm³/mol. The van der Waals surface area contributed by atoms with Gasteiger partial charge in [0.15, 0.2) is 5.78 Å². The number of nitrogens with zero attached hydrogens (tertiary/aromatic N) is 4. The van der Waals surface area contributed by atoms with Crippen LogP contribution in [0, 0.1) is 6.92 Å². The van der Waals surface area contributed by atoms with Crippen molar-refractivity contribution in [2.45, 2.75) is 25.7 Å². The van der Waals surface area contributed by atoms with Crippen molar-refractivity contribution in [2.75, 3.05) is 36.0 Å². The van der Waals surface area contributed by atoms with Gasteiger partial charge in [0.2, 0.25) is 5.95 Å². The van der Waals surface area contributed by atoms with E-state index in [1.165, 1.54) is 5.69 Å². The maximum atomic E-state index is 12.9. The summed E-state index contributed by atoms with van der Waals surface area (Å²) < 4.78 is 0. The Kier molecular flexibility index (Phi) is 5.06. The average Bonchev–Trinajstić information content (AvgIpc) is 2.79. The zero-order valence-corrected chi connectivity index (χ0v) is 17.7. The van der Waals surface area contributed by atoms with Crippen molar-refractivity contribution in [3.63, 3.8) is 0 Å². The molecular weight excluding hydrogens is 388 g/mol. The number of benzene rings is 2. The van der Waals surface area contributed by atoms with Crippen molar-refractivity contribution in [1.29, 1.82) is 0 Å². The highest BCUT2D eigenvalue weighted by Gasteiger charge is 2.32. The molecule has 0 bridgehead atoms. The number of phenolic OH excluding ortho intramolecular Hbond substituents is 1. The number of fused-ring (bicyclic) bond motifs is 1. The quantitative estimate of drug-likeness (QED) is 0.704. The van der Waals surface area contributed by atoms with Crippen LogP contribution in [-0.4, -0.2) is 47.0 Å². The van der Waals surface area contributed by atoms with Crippen molar-refractivity contribution in [3.05, 3.63) is 77.1 Å². The molecule has 6 nitrogen and oxygen atoms in total. The molecular formula is C25H26N4O2. The number of carbonyl (C=O) groups excluding carboxylic acids is 1. The SMILES string of the molecule is Cc1nc(N2CCN(c3ccccc3)CC2)nc2c1C(=O)C[C@H](c1ccccc1O)C2. The van der Waals surface area contributed by atoms with Gasteiger partial charge >= 0.3 is 0 Å². The fourth-order valence-corrected chi connectivity index (χ4v) is 4.76. The molecule has 6 heteroatoms. The van der Waals surface area contributed by atoms with Gasteiger partial charge in [-0.15, -0.1) is 0 Å². The molecule has 2 aromatic carbocycles. The monoisotopic (exact) mass is 414 g/mol. The number of para-hydroxylation sites is 2. The van der Waals surface area contributed by atoms with E-state index in [-0.39, 0.29) is 17.5 Å². The minimum Gasteiger partial charge on any atom is -0.508 e. The van der Waals surface area contributed by atoms with Gasteiger partial charge in [-0.1, -0.05) is 36.4 Å². The fraction of sp³-hybridized carbons (Fsp3) is 0.320. The van der Waals surface area contributed by atoms with Crippen molar-refractivity contribution in [2.24, 2.45) is 0 Å². The molecule has 0 spiro atoms. The van der Waals surface area contributed by atoms with Gasteiger partial charge in [-0.25, -0.2) is 9.97 Å². The molecule has 1 N–H and O–H groups in total. The second-order valence-electron chi connectivity index (χ2n) is 8.33. The summed E-state index contributed by atoms with van der Waals surface area (Å²) in [5, 5.41) is 10.3. The number of anilines is 2. The van der Waals surface area contributed by atoms with Gasteiger partial charge < -0.3 is 14.9 Å². The summed E-state index contributed by atoms with van der Waals surface area (Å²) in [6.07, 6.45) is 1.02. The Labute approximate surface area is 182 Å². The number of aromatic nitrogens is 2. The number of hydrogen-bond acceptors (Lipinski definition) is 6. The molecule has 1 fully saturated rings. The first-order valence-electron chi connectivity index (χ1n) is 10.8. The van der Waals surface area contributed by atoms with Gasteiger partial charge in [0.25, 0.3) is 0 Å². The third-order valence-corrected chi connectivity index (χ3v) is 6.36. The molecule has 2 aliphatic rings. The van der Waals surface area contributed by atoms with E-state index < -0.39 is 0 Å². The van der Waals surface area contributed by atoms with Crippen molar-refractivity contribution in [1.82, 2.24) is 9.97 Å². The molecule has 0 unspecified atom stereocenters. The Hall–Kier alpha value is -3.41. The first-order chi connectivity index (χ1) is 15.1. The Morgan fingerprint density at radius 2 is 1.55 bits per heavy atom. The maximum Gasteiger partial charge on any atom is 0.225 e. The topological polar surface area (TPSA) is 69.6 Å². The van der Waals surface area contributed by atoms with Gasteiger partial charge in [-0.2, -0.15) is 0 Å². The highest BCUT2D eigenvalue weighted by molar-refractivity contribution is 5.99. The summed E-state index contributed by atoms with van der Waals surface area (Å²) in [5.74, 6) is 0.951. The van der Waals surface area contributed by atoms with Crippen molar-refractivity contribution >= 4 is 17.4 Å². The number of ketones is 1. The summed E-state index contributed by atoms with van der Waals surface area (Å²) >= 11 is 0. The summed E-state index contributed by atoms with van der Waals surface area (Å²) in [5.41, 5.74) is 4.28. The van der Waals surface area contributed by atoms with Gasteiger partial charge in [-0.3, -0.25) is 4.79 Å². The Balaban J connectivity index is 1.38. The molecule has 158 valence electrons. The Bertz CT molecular complexity index is 1110. The Morgan fingerprint density at radius 1 is 0.871 bits per heavy atom. The molecule has 3 aromatic rings. The summed E-state index contributed by atoms with van der Waals surface area (Å²) in [7, 11) is 0.